The van der Waals surface area contributed by atoms with Crippen molar-refractivity contribution in [3.05, 3.63) is 29.3 Å². The van der Waals surface area contributed by atoms with Crippen LogP contribution in [-0.2, 0) is 14.3 Å². The Labute approximate surface area is 132 Å². The SMILES string of the molecule is CCN(CC(C)C(=O)OC)C(=O)COc1cc(C)ccc1C. The molecule has 1 rings (SSSR count). The number of ether oxygens (including phenoxy) is 2. The van der Waals surface area contributed by atoms with Gasteiger partial charge in [-0.2, -0.15) is 0 Å². The van der Waals surface area contributed by atoms with Crippen molar-refractivity contribution in [2.24, 2.45) is 5.92 Å². The molecule has 5 nitrogen and oxygen atoms in total. The molecule has 0 aromatic heterocycles. The number of benzene rings is 1. The maximum absolute atomic E-state index is 12.2. The highest BCUT2D eigenvalue weighted by atomic mass is 16.5. The van der Waals surface area contributed by atoms with Crippen LogP contribution in [0.15, 0.2) is 18.2 Å². The van der Waals surface area contributed by atoms with Crippen molar-refractivity contribution in [2.45, 2.75) is 27.7 Å². The first-order valence-electron chi connectivity index (χ1n) is 7.44. The molecular weight excluding hydrogens is 282 g/mol. The molecule has 0 spiro atoms. The minimum atomic E-state index is -0.352. The van der Waals surface area contributed by atoms with Crippen LogP contribution in [0.5, 0.6) is 5.75 Å². The highest BCUT2D eigenvalue weighted by molar-refractivity contribution is 5.79. The van der Waals surface area contributed by atoms with Crippen LogP contribution in [0.2, 0.25) is 0 Å². The number of carbonyl (C=O) groups excluding carboxylic acids is 2. The molecule has 0 radical (unpaired) electrons. The Morgan fingerprint density at radius 3 is 2.55 bits per heavy atom. The zero-order valence-corrected chi connectivity index (χ0v) is 14.0. The number of esters is 1. The van der Waals surface area contributed by atoms with Gasteiger partial charge in [-0.25, -0.2) is 0 Å². The maximum Gasteiger partial charge on any atom is 0.310 e. The molecule has 0 aliphatic carbocycles. The molecule has 122 valence electrons. The summed E-state index contributed by atoms with van der Waals surface area (Å²) in [6.45, 7) is 8.36. The van der Waals surface area contributed by atoms with Gasteiger partial charge in [0.25, 0.3) is 5.91 Å². The number of likely N-dealkylation sites (N-methyl/N-ethyl adjacent to an activating group) is 1. The fourth-order valence-corrected chi connectivity index (χ4v) is 2.11. The first-order chi connectivity index (χ1) is 10.4. The van der Waals surface area contributed by atoms with Crippen molar-refractivity contribution in [3.63, 3.8) is 0 Å². The average molecular weight is 307 g/mol. The van der Waals surface area contributed by atoms with Gasteiger partial charge in [0, 0.05) is 13.1 Å². The Morgan fingerprint density at radius 1 is 1.27 bits per heavy atom. The maximum atomic E-state index is 12.2. The molecule has 0 heterocycles. The lowest BCUT2D eigenvalue weighted by atomic mass is 10.1. The van der Waals surface area contributed by atoms with Gasteiger partial charge >= 0.3 is 5.97 Å². The summed E-state index contributed by atoms with van der Waals surface area (Å²) in [6, 6.07) is 5.88. The van der Waals surface area contributed by atoms with Crippen LogP contribution in [-0.4, -0.2) is 43.6 Å². The average Bonchev–Trinajstić information content (AvgIpc) is 2.51. The Morgan fingerprint density at radius 2 is 1.95 bits per heavy atom. The number of rotatable bonds is 7. The van der Waals surface area contributed by atoms with E-state index in [0.29, 0.717) is 18.8 Å². The Hall–Kier alpha value is -2.04. The third-order valence-corrected chi connectivity index (χ3v) is 3.53. The molecule has 0 aliphatic rings. The van der Waals surface area contributed by atoms with Crippen LogP contribution in [0.3, 0.4) is 0 Å². The highest BCUT2D eigenvalue weighted by Crippen LogP contribution is 2.19. The fourth-order valence-electron chi connectivity index (χ4n) is 2.11. The van der Waals surface area contributed by atoms with E-state index in [2.05, 4.69) is 4.74 Å². The van der Waals surface area contributed by atoms with Crippen molar-refractivity contribution < 1.29 is 19.1 Å². The number of nitrogens with zero attached hydrogens (tertiary/aromatic N) is 1. The van der Waals surface area contributed by atoms with E-state index >= 15 is 0 Å². The van der Waals surface area contributed by atoms with E-state index in [9.17, 15) is 9.59 Å². The van der Waals surface area contributed by atoms with E-state index in [1.165, 1.54) is 7.11 Å². The summed E-state index contributed by atoms with van der Waals surface area (Å²) in [5.41, 5.74) is 2.07. The van der Waals surface area contributed by atoms with E-state index in [-0.39, 0.29) is 24.4 Å². The topological polar surface area (TPSA) is 55.8 Å². The summed E-state index contributed by atoms with van der Waals surface area (Å²) in [5.74, 6) is -0.0964. The summed E-state index contributed by atoms with van der Waals surface area (Å²) in [6.07, 6.45) is 0. The molecule has 0 saturated heterocycles. The lowest BCUT2D eigenvalue weighted by Gasteiger charge is -2.23. The van der Waals surface area contributed by atoms with Gasteiger partial charge in [0.05, 0.1) is 13.0 Å². The van der Waals surface area contributed by atoms with Crippen molar-refractivity contribution in [3.8, 4) is 5.75 Å². The van der Waals surface area contributed by atoms with Gasteiger partial charge in [-0.05, 0) is 38.0 Å². The van der Waals surface area contributed by atoms with Crippen molar-refractivity contribution in [1.29, 1.82) is 0 Å². The smallest absolute Gasteiger partial charge is 0.310 e. The zero-order valence-electron chi connectivity index (χ0n) is 14.0. The van der Waals surface area contributed by atoms with Gasteiger partial charge in [0.1, 0.15) is 5.75 Å². The molecule has 1 unspecified atom stereocenters. The molecule has 5 heteroatoms. The number of hydrogen-bond acceptors (Lipinski definition) is 4. The fraction of sp³-hybridized carbons (Fsp3) is 0.529. The third kappa shape index (κ3) is 5.06. The number of aryl methyl sites for hydroxylation is 2. The van der Waals surface area contributed by atoms with Crippen LogP contribution < -0.4 is 4.74 Å². The van der Waals surface area contributed by atoms with E-state index in [0.717, 1.165) is 11.1 Å². The first kappa shape index (κ1) is 18.0. The number of carbonyl (C=O) groups is 2. The van der Waals surface area contributed by atoms with Crippen molar-refractivity contribution in [1.82, 2.24) is 4.90 Å². The second-order valence-electron chi connectivity index (χ2n) is 5.41. The van der Waals surface area contributed by atoms with E-state index in [1.54, 1.807) is 11.8 Å². The van der Waals surface area contributed by atoms with Crippen LogP contribution in [0.1, 0.15) is 25.0 Å². The third-order valence-electron chi connectivity index (χ3n) is 3.53. The number of methoxy groups -OCH3 is 1. The van der Waals surface area contributed by atoms with Gasteiger partial charge in [0.2, 0.25) is 0 Å². The molecular formula is C17H25NO4. The molecule has 0 saturated carbocycles. The van der Waals surface area contributed by atoms with Gasteiger partial charge in [-0.3, -0.25) is 9.59 Å². The minimum absolute atomic E-state index is 0.0357. The Bertz CT molecular complexity index is 527. The van der Waals surface area contributed by atoms with Crippen LogP contribution >= 0.6 is 0 Å². The van der Waals surface area contributed by atoms with E-state index < -0.39 is 0 Å². The largest absolute Gasteiger partial charge is 0.483 e. The minimum Gasteiger partial charge on any atom is -0.483 e. The first-order valence-corrected chi connectivity index (χ1v) is 7.44. The Balaban J connectivity index is 2.62. The van der Waals surface area contributed by atoms with Crippen LogP contribution in [0.25, 0.3) is 0 Å². The molecule has 0 aliphatic heterocycles. The van der Waals surface area contributed by atoms with Gasteiger partial charge in [-0.1, -0.05) is 19.1 Å². The molecule has 1 aromatic rings. The predicted octanol–water partition coefficient (Wildman–Crippen LogP) is 2.34. The molecule has 0 fully saturated rings. The summed E-state index contributed by atoms with van der Waals surface area (Å²) in [5, 5.41) is 0. The number of hydrogen-bond donors (Lipinski definition) is 0. The molecule has 1 atom stereocenters. The molecule has 1 amide bonds. The lowest BCUT2D eigenvalue weighted by molar-refractivity contribution is -0.146. The van der Waals surface area contributed by atoms with Crippen LogP contribution in [0, 0.1) is 19.8 Å². The normalized spacial score (nSPS) is 11.7. The summed E-state index contributed by atoms with van der Waals surface area (Å²) in [4.78, 5) is 25.3. The van der Waals surface area contributed by atoms with Gasteiger partial charge in [0.15, 0.2) is 6.61 Å². The number of amides is 1. The quantitative estimate of drug-likeness (QED) is 0.726. The van der Waals surface area contributed by atoms with E-state index in [1.807, 2.05) is 39.0 Å². The Kier molecular flexibility index (Phi) is 6.89. The second-order valence-corrected chi connectivity index (χ2v) is 5.41. The summed E-state index contributed by atoms with van der Waals surface area (Å²) in [7, 11) is 1.35. The molecule has 22 heavy (non-hydrogen) atoms. The molecule has 0 N–H and O–H groups in total. The predicted molar refractivity (Wildman–Crippen MR) is 84.8 cm³/mol. The lowest BCUT2D eigenvalue weighted by Crippen LogP contribution is -2.39. The monoisotopic (exact) mass is 307 g/mol. The second kappa shape index (κ2) is 8.41. The van der Waals surface area contributed by atoms with Crippen LogP contribution in [0.4, 0.5) is 0 Å². The van der Waals surface area contributed by atoms with Crippen molar-refractivity contribution >= 4 is 11.9 Å². The van der Waals surface area contributed by atoms with Crippen molar-refractivity contribution in [2.75, 3.05) is 26.8 Å². The van der Waals surface area contributed by atoms with Gasteiger partial charge in [-0.15, -0.1) is 0 Å². The van der Waals surface area contributed by atoms with Gasteiger partial charge < -0.3 is 14.4 Å². The highest BCUT2D eigenvalue weighted by Gasteiger charge is 2.20. The molecule has 0 bridgehead atoms. The summed E-state index contributed by atoms with van der Waals surface area (Å²) < 4.78 is 10.3. The summed E-state index contributed by atoms with van der Waals surface area (Å²) >= 11 is 0. The molecule has 1 aromatic carbocycles. The van der Waals surface area contributed by atoms with E-state index in [4.69, 9.17) is 4.74 Å². The zero-order chi connectivity index (χ0) is 16.7. The standard InChI is InChI=1S/C17H25NO4/c1-6-18(10-14(4)17(20)21-5)16(19)11-22-15-9-12(2)7-8-13(15)3/h7-9,14H,6,10-11H2,1-5H3.